The van der Waals surface area contributed by atoms with Crippen LogP contribution in [0.2, 0.25) is 0 Å². The molecule has 3 nitrogen and oxygen atoms in total. The average Bonchev–Trinajstić information content (AvgIpc) is 2.46. The van der Waals surface area contributed by atoms with Crippen molar-refractivity contribution in [3.05, 3.63) is 30.1 Å². The van der Waals surface area contributed by atoms with Gasteiger partial charge >= 0.3 is 0 Å². The zero-order chi connectivity index (χ0) is 13.3. The van der Waals surface area contributed by atoms with Crippen LogP contribution in [-0.4, -0.2) is 39.9 Å². The lowest BCUT2D eigenvalue weighted by molar-refractivity contribution is -0.120. The highest BCUT2D eigenvalue weighted by atomic mass is 32.2. The lowest BCUT2D eigenvalue weighted by Gasteiger charge is -2.19. The maximum Gasteiger partial charge on any atom is 0.221 e. The van der Waals surface area contributed by atoms with E-state index in [2.05, 4.69) is 22.1 Å². The molecule has 1 N–H and O–H groups in total. The minimum atomic E-state index is 0.0929. The van der Waals surface area contributed by atoms with Gasteiger partial charge in [-0.1, -0.05) is 12.0 Å². The zero-order valence-electron chi connectivity index (χ0n) is 10.6. The maximum atomic E-state index is 11.7. The molecule has 1 aromatic rings. The zero-order valence-corrected chi connectivity index (χ0v) is 12.2. The second-order valence-corrected chi connectivity index (χ2v) is 6.62. The third-order valence-corrected chi connectivity index (χ3v) is 5.40. The standard InChI is InChI=1S/C14H16N2OS2/c17-14(10-13-11-18-8-9-19-13)16-7-3-5-12-4-1-2-6-15-12/h1-2,4,6,13H,7-11H2,(H,16,17)/t13-/m1/s1. The van der Waals surface area contributed by atoms with E-state index in [4.69, 9.17) is 0 Å². The number of amides is 1. The van der Waals surface area contributed by atoms with Crippen LogP contribution in [0.25, 0.3) is 0 Å². The van der Waals surface area contributed by atoms with E-state index in [-0.39, 0.29) is 5.91 Å². The predicted octanol–water partition coefficient (Wildman–Crippen LogP) is 1.79. The van der Waals surface area contributed by atoms with Crippen LogP contribution in [0.4, 0.5) is 0 Å². The van der Waals surface area contributed by atoms with Gasteiger partial charge < -0.3 is 5.32 Å². The van der Waals surface area contributed by atoms with E-state index in [0.717, 1.165) is 17.2 Å². The Bertz CT molecular complexity index is 461. The van der Waals surface area contributed by atoms with Crippen LogP contribution in [0.1, 0.15) is 12.1 Å². The number of nitrogens with zero attached hydrogens (tertiary/aromatic N) is 1. The summed E-state index contributed by atoms with van der Waals surface area (Å²) in [4.78, 5) is 15.8. The Labute approximate surface area is 122 Å². The fourth-order valence-corrected chi connectivity index (χ4v) is 4.33. The van der Waals surface area contributed by atoms with Crippen LogP contribution in [0.5, 0.6) is 0 Å². The monoisotopic (exact) mass is 292 g/mol. The van der Waals surface area contributed by atoms with Gasteiger partial charge in [-0.2, -0.15) is 23.5 Å². The number of carbonyl (C=O) groups excluding carboxylic acids is 1. The summed E-state index contributed by atoms with van der Waals surface area (Å²) in [6, 6.07) is 5.60. The van der Waals surface area contributed by atoms with Crippen LogP contribution in [0.3, 0.4) is 0 Å². The van der Waals surface area contributed by atoms with E-state index < -0.39 is 0 Å². The van der Waals surface area contributed by atoms with Crippen molar-refractivity contribution in [2.24, 2.45) is 0 Å². The molecule has 0 radical (unpaired) electrons. The Kier molecular flexibility index (Phi) is 6.12. The summed E-state index contributed by atoms with van der Waals surface area (Å²) in [5.41, 5.74) is 0.732. The molecule has 19 heavy (non-hydrogen) atoms. The molecule has 1 amide bonds. The molecule has 1 aliphatic heterocycles. The van der Waals surface area contributed by atoms with Gasteiger partial charge in [0.05, 0.1) is 6.54 Å². The molecule has 2 rings (SSSR count). The fraction of sp³-hybridized carbons (Fsp3) is 0.429. The lowest BCUT2D eigenvalue weighted by atomic mass is 10.3. The first-order valence-corrected chi connectivity index (χ1v) is 8.41. The van der Waals surface area contributed by atoms with Gasteiger partial charge in [-0.3, -0.25) is 4.79 Å². The van der Waals surface area contributed by atoms with E-state index >= 15 is 0 Å². The van der Waals surface area contributed by atoms with Crippen molar-refractivity contribution in [3.63, 3.8) is 0 Å². The molecule has 1 atom stereocenters. The highest BCUT2D eigenvalue weighted by Gasteiger charge is 2.17. The largest absolute Gasteiger partial charge is 0.345 e. The van der Waals surface area contributed by atoms with Crippen molar-refractivity contribution >= 4 is 29.4 Å². The smallest absolute Gasteiger partial charge is 0.221 e. The summed E-state index contributed by atoms with van der Waals surface area (Å²) in [6.45, 7) is 0.389. The van der Waals surface area contributed by atoms with Crippen molar-refractivity contribution in [2.45, 2.75) is 11.7 Å². The highest BCUT2D eigenvalue weighted by molar-refractivity contribution is 8.06. The van der Waals surface area contributed by atoms with E-state index in [1.165, 1.54) is 5.75 Å². The number of pyridine rings is 1. The molecule has 1 fully saturated rings. The number of hydrogen-bond acceptors (Lipinski definition) is 4. The molecule has 0 aromatic carbocycles. The van der Waals surface area contributed by atoms with E-state index in [9.17, 15) is 4.79 Å². The second-order valence-electron chi connectivity index (χ2n) is 4.07. The number of hydrogen-bond donors (Lipinski definition) is 1. The molecule has 0 spiro atoms. The van der Waals surface area contributed by atoms with Crippen LogP contribution in [0.15, 0.2) is 24.4 Å². The maximum absolute atomic E-state index is 11.7. The molecule has 0 bridgehead atoms. The van der Waals surface area contributed by atoms with E-state index in [1.807, 2.05) is 41.7 Å². The van der Waals surface area contributed by atoms with Gasteiger partial charge in [0, 0.05) is 35.1 Å². The summed E-state index contributed by atoms with van der Waals surface area (Å²) in [6.07, 6.45) is 2.31. The molecule has 0 aliphatic carbocycles. The SMILES string of the molecule is O=C(C[C@@H]1CSCCS1)NCC#Cc1ccccn1. The Morgan fingerprint density at radius 2 is 2.42 bits per heavy atom. The quantitative estimate of drug-likeness (QED) is 0.863. The van der Waals surface area contributed by atoms with Crippen molar-refractivity contribution in [2.75, 3.05) is 23.8 Å². The summed E-state index contributed by atoms with van der Waals surface area (Å²) >= 11 is 3.83. The van der Waals surface area contributed by atoms with E-state index in [0.29, 0.717) is 18.2 Å². The van der Waals surface area contributed by atoms with Crippen LogP contribution in [-0.2, 0) is 4.79 Å². The molecule has 1 aromatic heterocycles. The first-order chi connectivity index (χ1) is 9.34. The summed E-state index contributed by atoms with van der Waals surface area (Å²) in [5.74, 6) is 9.37. The molecule has 1 saturated heterocycles. The molecular weight excluding hydrogens is 276 g/mol. The predicted molar refractivity (Wildman–Crippen MR) is 82.3 cm³/mol. The number of carbonyl (C=O) groups is 1. The average molecular weight is 292 g/mol. The van der Waals surface area contributed by atoms with Crippen molar-refractivity contribution in [1.29, 1.82) is 0 Å². The van der Waals surface area contributed by atoms with Crippen LogP contribution in [0, 0.1) is 11.8 Å². The Balaban J connectivity index is 1.68. The number of aromatic nitrogens is 1. The van der Waals surface area contributed by atoms with Gasteiger partial charge in [-0.15, -0.1) is 0 Å². The normalized spacial score (nSPS) is 18.2. The third-order valence-electron chi connectivity index (χ3n) is 2.55. The first-order valence-electron chi connectivity index (χ1n) is 6.20. The second kappa shape index (κ2) is 8.13. The van der Waals surface area contributed by atoms with Gasteiger partial charge in [0.2, 0.25) is 5.91 Å². The molecule has 5 heteroatoms. The van der Waals surface area contributed by atoms with Crippen molar-refractivity contribution in [1.82, 2.24) is 10.3 Å². The summed E-state index contributed by atoms with van der Waals surface area (Å²) in [5, 5.41) is 3.30. The lowest BCUT2D eigenvalue weighted by Crippen LogP contribution is -2.28. The molecule has 0 saturated carbocycles. The molecule has 2 heterocycles. The Hall–Kier alpha value is -1.12. The third kappa shape index (κ3) is 5.58. The van der Waals surface area contributed by atoms with Gasteiger partial charge in [0.1, 0.15) is 5.69 Å². The highest BCUT2D eigenvalue weighted by Crippen LogP contribution is 2.25. The van der Waals surface area contributed by atoms with Crippen molar-refractivity contribution in [3.8, 4) is 11.8 Å². The van der Waals surface area contributed by atoms with E-state index in [1.54, 1.807) is 6.20 Å². The van der Waals surface area contributed by atoms with Gasteiger partial charge in [-0.05, 0) is 18.1 Å². The molecular formula is C14H16N2OS2. The molecule has 1 aliphatic rings. The van der Waals surface area contributed by atoms with Gasteiger partial charge in [0.15, 0.2) is 0 Å². The molecule has 0 unspecified atom stereocenters. The van der Waals surface area contributed by atoms with Crippen LogP contribution >= 0.6 is 23.5 Å². The molecule has 100 valence electrons. The minimum Gasteiger partial charge on any atom is -0.345 e. The Morgan fingerprint density at radius 1 is 1.47 bits per heavy atom. The van der Waals surface area contributed by atoms with Crippen LogP contribution < -0.4 is 5.32 Å². The van der Waals surface area contributed by atoms with Gasteiger partial charge in [-0.25, -0.2) is 4.98 Å². The minimum absolute atomic E-state index is 0.0929. The van der Waals surface area contributed by atoms with Gasteiger partial charge in [0.25, 0.3) is 0 Å². The first kappa shape index (κ1) is 14.3. The summed E-state index contributed by atoms with van der Waals surface area (Å²) in [7, 11) is 0. The van der Waals surface area contributed by atoms with Crippen molar-refractivity contribution < 1.29 is 4.79 Å². The number of thioether (sulfide) groups is 2. The number of rotatable bonds is 3. The fourth-order valence-electron chi connectivity index (χ4n) is 1.65. The topological polar surface area (TPSA) is 42.0 Å². The Morgan fingerprint density at radius 3 is 3.16 bits per heavy atom. The summed E-state index contributed by atoms with van der Waals surface area (Å²) < 4.78 is 0. The number of nitrogens with one attached hydrogen (secondary N) is 1.